The summed E-state index contributed by atoms with van der Waals surface area (Å²) < 4.78 is 0. The zero-order valence-electron chi connectivity index (χ0n) is 6.90. The fourth-order valence-electron chi connectivity index (χ4n) is 0.833. The van der Waals surface area contributed by atoms with Crippen LogP contribution in [-0.2, 0) is 4.79 Å². The molecule has 0 bridgehead atoms. The van der Waals surface area contributed by atoms with Crippen molar-refractivity contribution in [3.8, 4) is 0 Å². The van der Waals surface area contributed by atoms with Crippen LogP contribution in [0.5, 0.6) is 0 Å². The quantitative estimate of drug-likeness (QED) is 0.594. The molecule has 3 nitrogen and oxygen atoms in total. The summed E-state index contributed by atoms with van der Waals surface area (Å²) in [5, 5.41) is 0.299. The maximum atomic E-state index is 10.0. The van der Waals surface area contributed by atoms with E-state index >= 15 is 0 Å². The highest BCUT2D eigenvalue weighted by molar-refractivity contribution is 6.31. The lowest BCUT2D eigenvalue weighted by Gasteiger charge is -1.97. The largest absolute Gasteiger partial charge is 0.396 e. The van der Waals surface area contributed by atoms with Gasteiger partial charge in [0.1, 0.15) is 6.29 Å². The van der Waals surface area contributed by atoms with Crippen molar-refractivity contribution in [3.05, 3.63) is 29.1 Å². The van der Waals surface area contributed by atoms with Gasteiger partial charge in [0.25, 0.3) is 0 Å². The Labute approximate surface area is 81.2 Å². The van der Waals surface area contributed by atoms with E-state index in [2.05, 4.69) is 4.98 Å². The average Bonchev–Trinajstić information content (AvgIpc) is 2.12. The maximum absolute atomic E-state index is 10.0. The summed E-state index contributed by atoms with van der Waals surface area (Å²) in [7, 11) is 0. The van der Waals surface area contributed by atoms with Gasteiger partial charge < -0.3 is 10.5 Å². The number of nitrogens with zero attached hydrogens (tertiary/aromatic N) is 1. The van der Waals surface area contributed by atoms with E-state index in [0.29, 0.717) is 17.3 Å². The molecule has 13 heavy (non-hydrogen) atoms. The molecule has 68 valence electrons. The predicted molar refractivity (Wildman–Crippen MR) is 53.4 cm³/mol. The molecule has 0 aliphatic rings. The Bertz CT molecular complexity index is 336. The number of allylic oxidation sites excluding steroid dienone is 1. The maximum Gasteiger partial charge on any atom is 0.151 e. The van der Waals surface area contributed by atoms with Gasteiger partial charge >= 0.3 is 0 Å². The predicted octanol–water partition coefficient (Wildman–Crippen LogP) is 1.92. The summed E-state index contributed by atoms with van der Waals surface area (Å²) in [6.07, 6.45) is 6.32. The molecule has 1 aromatic heterocycles. The van der Waals surface area contributed by atoms with Gasteiger partial charge in [0.05, 0.1) is 5.69 Å². The lowest BCUT2D eigenvalue weighted by molar-refractivity contribution is -0.107. The van der Waals surface area contributed by atoms with Crippen molar-refractivity contribution >= 4 is 29.7 Å². The minimum Gasteiger partial charge on any atom is -0.396 e. The lowest BCUT2D eigenvalue weighted by Crippen LogP contribution is -1.89. The molecular formula is C9H9ClN2O. The molecule has 0 saturated carbocycles. The number of nitrogens with two attached hydrogens (primary N) is 1. The molecule has 0 amide bonds. The smallest absolute Gasteiger partial charge is 0.151 e. The molecular weight excluding hydrogens is 188 g/mol. The number of aromatic nitrogens is 1. The molecule has 1 rings (SSSR count). The first kappa shape index (κ1) is 9.74. The molecule has 0 aromatic carbocycles. The van der Waals surface area contributed by atoms with Crippen molar-refractivity contribution in [1.29, 1.82) is 0 Å². The summed E-state index contributed by atoms with van der Waals surface area (Å²) in [5.74, 6) is 0. The highest BCUT2D eigenvalue weighted by atomic mass is 35.5. The van der Waals surface area contributed by atoms with Crippen LogP contribution in [0.25, 0.3) is 6.08 Å². The molecule has 1 heterocycles. The van der Waals surface area contributed by atoms with Crippen LogP contribution in [-0.4, -0.2) is 11.3 Å². The second-order valence-corrected chi connectivity index (χ2v) is 2.81. The zero-order valence-corrected chi connectivity index (χ0v) is 7.66. The Morgan fingerprint density at radius 2 is 2.38 bits per heavy atom. The topological polar surface area (TPSA) is 56.0 Å². The standard InChI is InChI=1S/C9H9ClN2O/c10-9-8(11)5-7(6-12-9)3-1-2-4-13/h1,3-6H,2,11H2. The van der Waals surface area contributed by atoms with Crippen LogP contribution in [0, 0.1) is 0 Å². The van der Waals surface area contributed by atoms with E-state index in [1.54, 1.807) is 24.4 Å². The molecule has 0 saturated heterocycles. The van der Waals surface area contributed by atoms with E-state index in [4.69, 9.17) is 17.3 Å². The Morgan fingerprint density at radius 1 is 1.62 bits per heavy atom. The number of aldehydes is 1. The number of carbonyl (C=O) groups is 1. The van der Waals surface area contributed by atoms with Gasteiger partial charge in [-0.25, -0.2) is 4.98 Å². The van der Waals surface area contributed by atoms with Crippen molar-refractivity contribution in [1.82, 2.24) is 4.98 Å². The normalized spacial score (nSPS) is 10.5. The van der Waals surface area contributed by atoms with E-state index in [1.165, 1.54) is 0 Å². The molecule has 0 unspecified atom stereocenters. The van der Waals surface area contributed by atoms with Crippen LogP contribution < -0.4 is 5.73 Å². The third-order valence-electron chi connectivity index (χ3n) is 1.43. The van der Waals surface area contributed by atoms with Crippen molar-refractivity contribution < 1.29 is 4.79 Å². The summed E-state index contributed by atoms with van der Waals surface area (Å²) in [5.41, 5.74) is 6.80. The molecule has 0 spiro atoms. The fraction of sp³-hybridized carbons (Fsp3) is 0.111. The molecule has 0 aliphatic heterocycles. The Hall–Kier alpha value is -1.35. The van der Waals surface area contributed by atoms with Gasteiger partial charge in [-0.05, 0) is 11.6 Å². The summed E-state index contributed by atoms with van der Waals surface area (Å²) in [6, 6.07) is 1.70. The molecule has 0 atom stereocenters. The zero-order chi connectivity index (χ0) is 9.68. The fourth-order valence-corrected chi connectivity index (χ4v) is 0.936. The molecule has 0 radical (unpaired) electrons. The minimum atomic E-state index is 0.299. The lowest BCUT2D eigenvalue weighted by atomic mass is 10.2. The molecule has 2 N–H and O–H groups in total. The van der Waals surface area contributed by atoms with Gasteiger partial charge in [0.15, 0.2) is 5.15 Å². The van der Waals surface area contributed by atoms with Crippen molar-refractivity contribution in [2.45, 2.75) is 6.42 Å². The summed E-state index contributed by atoms with van der Waals surface area (Å²) in [4.78, 5) is 13.9. The van der Waals surface area contributed by atoms with Crippen LogP contribution in [0.3, 0.4) is 0 Å². The Balaban J connectivity index is 2.79. The first-order valence-electron chi connectivity index (χ1n) is 3.75. The molecule has 0 aliphatic carbocycles. The number of halogens is 1. The van der Waals surface area contributed by atoms with Crippen LogP contribution in [0.15, 0.2) is 18.3 Å². The summed E-state index contributed by atoms with van der Waals surface area (Å²) >= 11 is 5.63. The number of pyridine rings is 1. The van der Waals surface area contributed by atoms with E-state index in [9.17, 15) is 4.79 Å². The van der Waals surface area contributed by atoms with E-state index in [-0.39, 0.29) is 0 Å². The third-order valence-corrected chi connectivity index (χ3v) is 1.75. The van der Waals surface area contributed by atoms with Gasteiger partial charge in [0.2, 0.25) is 0 Å². The molecule has 1 aromatic rings. The second kappa shape index (κ2) is 4.62. The third kappa shape index (κ3) is 2.87. The van der Waals surface area contributed by atoms with Crippen molar-refractivity contribution in [2.24, 2.45) is 0 Å². The van der Waals surface area contributed by atoms with Gasteiger partial charge in [-0.3, -0.25) is 0 Å². The van der Waals surface area contributed by atoms with Gasteiger partial charge in [-0.1, -0.05) is 23.8 Å². The van der Waals surface area contributed by atoms with Crippen LogP contribution >= 0.6 is 11.6 Å². The number of carbonyl (C=O) groups excluding carboxylic acids is 1. The monoisotopic (exact) mass is 196 g/mol. The number of nitrogen functional groups attached to an aromatic ring is 1. The number of rotatable bonds is 3. The minimum absolute atomic E-state index is 0.299. The molecule has 4 heteroatoms. The average molecular weight is 197 g/mol. The van der Waals surface area contributed by atoms with Crippen molar-refractivity contribution in [3.63, 3.8) is 0 Å². The summed E-state index contributed by atoms with van der Waals surface area (Å²) in [6.45, 7) is 0. The van der Waals surface area contributed by atoms with Gasteiger partial charge in [-0.2, -0.15) is 0 Å². The number of hydrogen-bond acceptors (Lipinski definition) is 3. The molecule has 0 fully saturated rings. The van der Waals surface area contributed by atoms with Crippen LogP contribution in [0.4, 0.5) is 5.69 Å². The number of anilines is 1. The van der Waals surface area contributed by atoms with Crippen LogP contribution in [0.1, 0.15) is 12.0 Å². The highest BCUT2D eigenvalue weighted by Crippen LogP contribution is 2.16. The van der Waals surface area contributed by atoms with E-state index in [0.717, 1.165) is 11.8 Å². The van der Waals surface area contributed by atoms with Gasteiger partial charge in [-0.15, -0.1) is 0 Å². The van der Waals surface area contributed by atoms with Crippen LogP contribution in [0.2, 0.25) is 5.15 Å². The Morgan fingerprint density at radius 3 is 3.00 bits per heavy atom. The van der Waals surface area contributed by atoms with Crippen molar-refractivity contribution in [2.75, 3.05) is 5.73 Å². The van der Waals surface area contributed by atoms with Gasteiger partial charge in [0, 0.05) is 12.6 Å². The second-order valence-electron chi connectivity index (χ2n) is 2.45. The highest BCUT2D eigenvalue weighted by Gasteiger charge is 1.95. The number of hydrogen-bond donors (Lipinski definition) is 1. The Kier molecular flexibility index (Phi) is 3.46. The first-order chi connectivity index (χ1) is 6.24. The van der Waals surface area contributed by atoms with E-state index < -0.39 is 0 Å². The first-order valence-corrected chi connectivity index (χ1v) is 4.13. The SMILES string of the molecule is Nc1cc(C=CCC=O)cnc1Cl. The van der Waals surface area contributed by atoms with E-state index in [1.807, 2.05) is 0 Å².